The third-order valence-corrected chi connectivity index (χ3v) is 3.73. The number of hydrazone groups is 1. The Hall–Kier alpha value is -2.67. The Morgan fingerprint density at radius 3 is 2.64 bits per heavy atom. The maximum Gasteiger partial charge on any atom is 0.259 e. The smallest absolute Gasteiger partial charge is 0.259 e. The van der Waals surface area contributed by atoms with Crippen LogP contribution in [0.5, 0.6) is 5.75 Å². The number of nitrogens with one attached hydrogen (secondary N) is 2. The first-order valence-electron chi connectivity index (χ1n) is 7.54. The fourth-order valence-electron chi connectivity index (χ4n) is 2.04. The number of methoxy groups -OCH3 is 1. The fourth-order valence-corrected chi connectivity index (χ4v) is 2.42. The second kappa shape index (κ2) is 9.58. The quantitative estimate of drug-likeness (QED) is 0.549. The molecule has 0 aromatic heterocycles. The van der Waals surface area contributed by atoms with Crippen LogP contribution in [0.2, 0.25) is 0 Å². The Balaban J connectivity index is 1.79. The van der Waals surface area contributed by atoms with Crippen molar-refractivity contribution >= 4 is 34.0 Å². The van der Waals surface area contributed by atoms with Gasteiger partial charge in [-0.15, -0.1) is 0 Å². The van der Waals surface area contributed by atoms with Crippen LogP contribution < -0.4 is 15.5 Å². The van der Waals surface area contributed by atoms with E-state index in [-0.39, 0.29) is 18.9 Å². The molecule has 2 N–H and O–H groups in total. The molecule has 2 rings (SSSR count). The molecular weight excluding hydrogens is 386 g/mol. The van der Waals surface area contributed by atoms with Crippen molar-refractivity contribution in [3.8, 4) is 5.75 Å². The molecule has 0 fully saturated rings. The van der Waals surface area contributed by atoms with Gasteiger partial charge in [-0.1, -0.05) is 46.3 Å². The van der Waals surface area contributed by atoms with Crippen molar-refractivity contribution < 1.29 is 14.3 Å². The van der Waals surface area contributed by atoms with Crippen LogP contribution in [0.1, 0.15) is 11.1 Å². The SMILES string of the molecule is COc1ccc(Br)cc1/C=N/NC(=O)CNC(=O)Cc1ccccc1. The zero-order valence-electron chi connectivity index (χ0n) is 13.7. The van der Waals surface area contributed by atoms with Gasteiger partial charge in [0.15, 0.2) is 0 Å². The molecule has 130 valence electrons. The van der Waals surface area contributed by atoms with E-state index in [4.69, 9.17) is 4.74 Å². The molecule has 0 aliphatic rings. The van der Waals surface area contributed by atoms with Crippen molar-refractivity contribution in [3.63, 3.8) is 0 Å². The van der Waals surface area contributed by atoms with Crippen LogP contribution >= 0.6 is 15.9 Å². The van der Waals surface area contributed by atoms with E-state index in [0.29, 0.717) is 11.3 Å². The van der Waals surface area contributed by atoms with E-state index in [1.54, 1.807) is 13.2 Å². The second-order valence-corrected chi connectivity index (χ2v) is 6.03. The highest BCUT2D eigenvalue weighted by atomic mass is 79.9. The van der Waals surface area contributed by atoms with Crippen LogP contribution in [0.4, 0.5) is 0 Å². The van der Waals surface area contributed by atoms with Gasteiger partial charge in [-0.25, -0.2) is 5.43 Å². The van der Waals surface area contributed by atoms with E-state index < -0.39 is 5.91 Å². The summed E-state index contributed by atoms with van der Waals surface area (Å²) in [5.74, 6) is 0.00276. The number of amides is 2. The van der Waals surface area contributed by atoms with Crippen LogP contribution in [0.25, 0.3) is 0 Å². The first-order valence-corrected chi connectivity index (χ1v) is 8.34. The monoisotopic (exact) mass is 403 g/mol. The molecule has 0 radical (unpaired) electrons. The Morgan fingerprint density at radius 1 is 1.16 bits per heavy atom. The molecule has 0 spiro atoms. The summed E-state index contributed by atoms with van der Waals surface area (Å²) < 4.78 is 6.08. The third-order valence-electron chi connectivity index (χ3n) is 3.24. The standard InChI is InChI=1S/C18H18BrN3O3/c1-25-16-8-7-15(19)10-14(16)11-21-22-18(24)12-20-17(23)9-13-5-3-2-4-6-13/h2-8,10-11H,9,12H2,1H3,(H,20,23)(H,22,24)/b21-11+. The van der Waals surface area contributed by atoms with Gasteiger partial charge in [0, 0.05) is 10.0 Å². The Bertz CT molecular complexity index is 763. The number of ether oxygens (including phenoxy) is 1. The van der Waals surface area contributed by atoms with Gasteiger partial charge in [-0.2, -0.15) is 5.10 Å². The predicted molar refractivity (Wildman–Crippen MR) is 99.6 cm³/mol. The van der Waals surface area contributed by atoms with Crippen molar-refractivity contribution in [1.29, 1.82) is 0 Å². The minimum Gasteiger partial charge on any atom is -0.496 e. The molecule has 0 heterocycles. The molecule has 25 heavy (non-hydrogen) atoms. The van der Waals surface area contributed by atoms with E-state index in [2.05, 4.69) is 31.8 Å². The largest absolute Gasteiger partial charge is 0.496 e. The fraction of sp³-hybridized carbons (Fsp3) is 0.167. The van der Waals surface area contributed by atoms with Crippen molar-refractivity contribution in [2.24, 2.45) is 5.10 Å². The molecule has 0 saturated carbocycles. The van der Waals surface area contributed by atoms with Crippen LogP contribution in [0, 0.1) is 0 Å². The van der Waals surface area contributed by atoms with E-state index in [1.165, 1.54) is 6.21 Å². The van der Waals surface area contributed by atoms with E-state index >= 15 is 0 Å². The normalized spacial score (nSPS) is 10.5. The van der Waals surface area contributed by atoms with Crippen molar-refractivity contribution in [3.05, 3.63) is 64.1 Å². The van der Waals surface area contributed by atoms with Gasteiger partial charge in [0.25, 0.3) is 5.91 Å². The van der Waals surface area contributed by atoms with Gasteiger partial charge in [-0.3, -0.25) is 9.59 Å². The predicted octanol–water partition coefficient (Wildman–Crippen LogP) is 2.27. The molecule has 0 saturated heterocycles. The summed E-state index contributed by atoms with van der Waals surface area (Å²) in [7, 11) is 1.56. The molecule has 7 heteroatoms. The third kappa shape index (κ3) is 6.39. The summed E-state index contributed by atoms with van der Waals surface area (Å²) in [6, 6.07) is 14.8. The second-order valence-electron chi connectivity index (χ2n) is 5.12. The average Bonchev–Trinajstić information content (AvgIpc) is 2.61. The molecule has 2 aromatic carbocycles. The summed E-state index contributed by atoms with van der Waals surface area (Å²) in [5, 5.41) is 6.43. The summed E-state index contributed by atoms with van der Waals surface area (Å²) in [4.78, 5) is 23.5. The molecular formula is C18H18BrN3O3. The summed E-state index contributed by atoms with van der Waals surface area (Å²) in [6.45, 7) is -0.140. The number of hydrogen-bond acceptors (Lipinski definition) is 4. The number of nitrogens with zero attached hydrogens (tertiary/aromatic N) is 1. The van der Waals surface area contributed by atoms with Gasteiger partial charge >= 0.3 is 0 Å². The molecule has 0 unspecified atom stereocenters. The lowest BCUT2D eigenvalue weighted by Gasteiger charge is -2.05. The lowest BCUT2D eigenvalue weighted by Crippen LogP contribution is -2.35. The summed E-state index contributed by atoms with van der Waals surface area (Å²) in [6.07, 6.45) is 1.71. The maximum atomic E-state index is 11.8. The van der Waals surface area contributed by atoms with Gasteiger partial charge in [0.1, 0.15) is 5.75 Å². The number of carbonyl (C=O) groups is 2. The van der Waals surface area contributed by atoms with Gasteiger partial charge in [-0.05, 0) is 23.8 Å². The number of rotatable bonds is 7. The zero-order chi connectivity index (χ0) is 18.1. The minimum atomic E-state index is -0.411. The first-order chi connectivity index (χ1) is 12.1. The maximum absolute atomic E-state index is 11.8. The highest BCUT2D eigenvalue weighted by molar-refractivity contribution is 9.10. The van der Waals surface area contributed by atoms with E-state index in [0.717, 1.165) is 10.0 Å². The molecule has 0 atom stereocenters. The summed E-state index contributed by atoms with van der Waals surface area (Å²) in [5.41, 5.74) is 3.97. The number of halogens is 1. The molecule has 2 amide bonds. The lowest BCUT2D eigenvalue weighted by molar-refractivity contribution is -0.125. The van der Waals surface area contributed by atoms with Crippen molar-refractivity contribution in [2.45, 2.75) is 6.42 Å². The summed E-state index contributed by atoms with van der Waals surface area (Å²) >= 11 is 3.36. The lowest BCUT2D eigenvalue weighted by atomic mass is 10.1. The van der Waals surface area contributed by atoms with Gasteiger partial charge in [0.2, 0.25) is 5.91 Å². The Labute approximate surface area is 154 Å². The minimum absolute atomic E-state index is 0.140. The van der Waals surface area contributed by atoms with Crippen molar-refractivity contribution in [2.75, 3.05) is 13.7 Å². The molecule has 6 nitrogen and oxygen atoms in total. The van der Waals surface area contributed by atoms with Gasteiger partial charge < -0.3 is 10.1 Å². The van der Waals surface area contributed by atoms with Crippen LogP contribution in [-0.4, -0.2) is 31.7 Å². The zero-order valence-corrected chi connectivity index (χ0v) is 15.2. The average molecular weight is 404 g/mol. The van der Waals surface area contributed by atoms with Crippen LogP contribution in [0.3, 0.4) is 0 Å². The highest BCUT2D eigenvalue weighted by Gasteiger charge is 2.06. The number of hydrogen-bond donors (Lipinski definition) is 2. The number of benzene rings is 2. The molecule has 0 aliphatic carbocycles. The van der Waals surface area contributed by atoms with Gasteiger partial charge in [0.05, 0.1) is 26.3 Å². The van der Waals surface area contributed by atoms with Crippen LogP contribution in [-0.2, 0) is 16.0 Å². The Kier molecular flexibility index (Phi) is 7.16. The first kappa shape index (κ1) is 18.7. The highest BCUT2D eigenvalue weighted by Crippen LogP contribution is 2.21. The molecule has 0 aliphatic heterocycles. The topological polar surface area (TPSA) is 79.8 Å². The Morgan fingerprint density at radius 2 is 1.92 bits per heavy atom. The van der Waals surface area contributed by atoms with Crippen LogP contribution in [0.15, 0.2) is 58.1 Å². The van der Waals surface area contributed by atoms with Crippen molar-refractivity contribution in [1.82, 2.24) is 10.7 Å². The number of carbonyl (C=O) groups excluding carboxylic acids is 2. The molecule has 0 bridgehead atoms. The van der Waals surface area contributed by atoms with E-state index in [9.17, 15) is 9.59 Å². The van der Waals surface area contributed by atoms with E-state index in [1.807, 2.05) is 42.5 Å². The molecule has 2 aromatic rings.